The fourth-order valence-electron chi connectivity index (χ4n) is 2.83. The van der Waals surface area contributed by atoms with Crippen molar-refractivity contribution in [1.29, 1.82) is 5.41 Å². The molecule has 5 nitrogen and oxygen atoms in total. The van der Waals surface area contributed by atoms with Crippen molar-refractivity contribution in [2.24, 2.45) is 0 Å². The van der Waals surface area contributed by atoms with Crippen LogP contribution >= 0.6 is 27.3 Å². The highest BCUT2D eigenvalue weighted by molar-refractivity contribution is 9.10. The van der Waals surface area contributed by atoms with Gasteiger partial charge in [0.25, 0.3) is 0 Å². The fraction of sp³-hybridized carbons (Fsp3) is 0.333. The van der Waals surface area contributed by atoms with Crippen molar-refractivity contribution in [2.75, 3.05) is 26.8 Å². The molecule has 7 heteroatoms. The summed E-state index contributed by atoms with van der Waals surface area (Å²) < 4.78 is 6.09. The van der Waals surface area contributed by atoms with E-state index in [0.717, 1.165) is 27.0 Å². The highest BCUT2D eigenvalue weighted by Crippen LogP contribution is 2.35. The first-order chi connectivity index (χ1) is 12.0. The third-order valence-corrected chi connectivity index (χ3v) is 5.60. The zero-order chi connectivity index (χ0) is 18.0. The molecule has 2 aromatic rings. The van der Waals surface area contributed by atoms with Gasteiger partial charge in [-0.2, -0.15) is 0 Å². The highest BCUT2D eigenvalue weighted by atomic mass is 79.9. The molecule has 0 radical (unpaired) electrons. The van der Waals surface area contributed by atoms with Crippen LogP contribution in [-0.2, 0) is 4.74 Å². The molecule has 3 rings (SSSR count). The van der Waals surface area contributed by atoms with Gasteiger partial charge in [-0.15, -0.1) is 11.3 Å². The van der Waals surface area contributed by atoms with Gasteiger partial charge in [0.2, 0.25) is 0 Å². The number of aryl methyl sites for hydroxylation is 1. The lowest BCUT2D eigenvalue weighted by molar-refractivity contribution is 0.186. The van der Waals surface area contributed by atoms with Crippen LogP contribution in [0.2, 0.25) is 0 Å². The number of benzene rings is 1. The van der Waals surface area contributed by atoms with Gasteiger partial charge in [-0.05, 0) is 25.5 Å². The van der Waals surface area contributed by atoms with Crippen molar-refractivity contribution < 1.29 is 9.84 Å². The summed E-state index contributed by atoms with van der Waals surface area (Å²) >= 11 is 4.96. The van der Waals surface area contributed by atoms with E-state index in [1.807, 2.05) is 36.1 Å². The van der Waals surface area contributed by atoms with Crippen molar-refractivity contribution >= 4 is 38.7 Å². The molecule has 0 saturated carbocycles. The highest BCUT2D eigenvalue weighted by Gasteiger charge is 2.30. The van der Waals surface area contributed by atoms with Gasteiger partial charge in [0, 0.05) is 35.2 Å². The van der Waals surface area contributed by atoms with Gasteiger partial charge in [0.15, 0.2) is 0 Å². The van der Waals surface area contributed by atoms with Crippen molar-refractivity contribution in [3.05, 3.63) is 44.4 Å². The molecule has 2 N–H and O–H groups in total. The summed E-state index contributed by atoms with van der Waals surface area (Å²) in [6, 6.07) is 8.00. The van der Waals surface area contributed by atoms with E-state index in [-0.39, 0.29) is 5.76 Å². The number of amidine groups is 1. The Morgan fingerprint density at radius 1 is 1.36 bits per heavy atom. The number of rotatable bonds is 6. The van der Waals surface area contributed by atoms with Crippen LogP contribution in [0.25, 0.3) is 16.8 Å². The van der Waals surface area contributed by atoms with Gasteiger partial charge in [-0.1, -0.05) is 28.1 Å². The largest absolute Gasteiger partial charge is 0.510 e. The van der Waals surface area contributed by atoms with E-state index in [9.17, 15) is 5.11 Å². The zero-order valence-electron chi connectivity index (χ0n) is 14.2. The molecule has 0 saturated heterocycles. The Hall–Kier alpha value is -1.70. The normalized spacial score (nSPS) is 14.7. The number of hydrogen-bond donors (Lipinski definition) is 2. The number of thiazole rings is 1. The maximum Gasteiger partial charge on any atom is 0.135 e. The molecule has 0 amide bonds. The van der Waals surface area contributed by atoms with Gasteiger partial charge >= 0.3 is 0 Å². The molecule has 1 aliphatic heterocycles. The van der Waals surface area contributed by atoms with Gasteiger partial charge in [-0.3, -0.25) is 5.41 Å². The predicted octanol–water partition coefficient (Wildman–Crippen LogP) is 4.48. The topological polar surface area (TPSA) is 69.4 Å². The molecule has 0 fully saturated rings. The summed E-state index contributed by atoms with van der Waals surface area (Å²) in [7, 11) is 1.67. The van der Waals surface area contributed by atoms with Crippen LogP contribution in [0.1, 0.15) is 16.3 Å². The first kappa shape index (κ1) is 18.1. The lowest BCUT2D eigenvalue weighted by Crippen LogP contribution is -2.28. The van der Waals surface area contributed by atoms with E-state index < -0.39 is 0 Å². The average molecular weight is 422 g/mol. The molecule has 132 valence electrons. The maximum absolute atomic E-state index is 10.4. The number of aliphatic hydroxyl groups is 1. The van der Waals surface area contributed by atoms with Gasteiger partial charge in [0.05, 0.1) is 17.8 Å². The predicted molar refractivity (Wildman–Crippen MR) is 105 cm³/mol. The number of nitrogens with zero attached hydrogens (tertiary/aromatic N) is 2. The summed E-state index contributed by atoms with van der Waals surface area (Å²) in [6.45, 7) is 3.71. The Bertz CT molecular complexity index is 814. The fourth-order valence-corrected chi connectivity index (χ4v) is 4.10. The Balaban J connectivity index is 1.85. The summed E-state index contributed by atoms with van der Waals surface area (Å²) in [5.74, 6) is 0.559. The first-order valence-electron chi connectivity index (χ1n) is 8.00. The minimum absolute atomic E-state index is 0.221. The van der Waals surface area contributed by atoms with Crippen molar-refractivity contribution in [1.82, 2.24) is 9.88 Å². The van der Waals surface area contributed by atoms with E-state index in [0.29, 0.717) is 36.1 Å². The molecule has 25 heavy (non-hydrogen) atoms. The molecule has 0 bridgehead atoms. The monoisotopic (exact) mass is 421 g/mol. The van der Waals surface area contributed by atoms with Crippen LogP contribution in [-0.4, -0.2) is 47.6 Å². The van der Waals surface area contributed by atoms with Gasteiger partial charge < -0.3 is 14.7 Å². The molecule has 1 aromatic heterocycles. The lowest BCUT2D eigenvalue weighted by Gasteiger charge is -2.17. The molecule has 0 spiro atoms. The molecule has 0 atom stereocenters. The number of aromatic nitrogens is 1. The number of halogens is 1. The van der Waals surface area contributed by atoms with Gasteiger partial charge in [0.1, 0.15) is 16.6 Å². The molecule has 0 aliphatic carbocycles. The third kappa shape index (κ3) is 3.78. The summed E-state index contributed by atoms with van der Waals surface area (Å²) in [6.07, 6.45) is 0.820. The number of aliphatic hydroxyl groups excluding tert-OH is 1. The van der Waals surface area contributed by atoms with Crippen molar-refractivity contribution in [3.8, 4) is 11.3 Å². The number of ether oxygens (including phenoxy) is 1. The van der Waals surface area contributed by atoms with E-state index in [4.69, 9.17) is 15.1 Å². The minimum atomic E-state index is 0.221. The quantitative estimate of drug-likeness (QED) is 0.674. The van der Waals surface area contributed by atoms with Crippen LogP contribution in [0.4, 0.5) is 0 Å². The van der Waals surface area contributed by atoms with Gasteiger partial charge in [-0.25, -0.2) is 4.98 Å². The first-order valence-corrected chi connectivity index (χ1v) is 9.61. The Labute approximate surface area is 159 Å². The number of nitrogens with one attached hydrogen (secondary N) is 1. The van der Waals surface area contributed by atoms with Crippen LogP contribution in [0, 0.1) is 12.3 Å². The summed E-state index contributed by atoms with van der Waals surface area (Å²) in [5.41, 5.74) is 2.48. The van der Waals surface area contributed by atoms with E-state index in [1.54, 1.807) is 7.11 Å². The number of methoxy groups -OCH3 is 1. The molecule has 1 aliphatic rings. The zero-order valence-corrected chi connectivity index (χ0v) is 16.6. The maximum atomic E-state index is 10.4. The summed E-state index contributed by atoms with van der Waals surface area (Å²) in [4.78, 5) is 7.65. The molecule has 2 heterocycles. The number of hydrogen-bond acceptors (Lipinski definition) is 5. The molecule has 1 aromatic carbocycles. The Morgan fingerprint density at radius 3 is 2.76 bits per heavy atom. The second-order valence-corrected chi connectivity index (χ2v) is 7.99. The third-order valence-electron chi connectivity index (χ3n) is 4.09. The van der Waals surface area contributed by atoms with Crippen LogP contribution < -0.4 is 0 Å². The Morgan fingerprint density at radius 2 is 2.08 bits per heavy atom. The average Bonchev–Trinajstić information content (AvgIpc) is 3.08. The Kier molecular flexibility index (Phi) is 5.56. The molecule has 0 unspecified atom stereocenters. The van der Waals surface area contributed by atoms with Crippen LogP contribution in [0.5, 0.6) is 0 Å². The summed E-state index contributed by atoms with van der Waals surface area (Å²) in [5, 5.41) is 19.5. The molecular formula is C18H20BrN3O2S. The van der Waals surface area contributed by atoms with Crippen LogP contribution in [0.15, 0.2) is 34.5 Å². The van der Waals surface area contributed by atoms with E-state index in [1.165, 1.54) is 11.3 Å². The lowest BCUT2D eigenvalue weighted by atomic mass is 10.1. The van der Waals surface area contributed by atoms with E-state index >= 15 is 0 Å². The minimum Gasteiger partial charge on any atom is -0.510 e. The van der Waals surface area contributed by atoms with E-state index in [2.05, 4.69) is 15.9 Å². The SMILES string of the molecule is COCCCN1CC(O)=C(c2nc(-c3ccc(Br)cc3)c(C)s2)C1=N. The smallest absolute Gasteiger partial charge is 0.135 e. The second kappa shape index (κ2) is 7.68. The standard InChI is InChI=1S/C18H20BrN3O2S/c1-11-16(12-4-6-13(19)7-5-12)21-18(25-11)15-14(23)10-22(17(15)20)8-3-9-24-2/h4-7,20,23H,3,8-10H2,1-2H3. The molecular weight excluding hydrogens is 402 g/mol. The van der Waals surface area contributed by atoms with Crippen molar-refractivity contribution in [3.63, 3.8) is 0 Å². The van der Waals surface area contributed by atoms with Crippen LogP contribution in [0.3, 0.4) is 0 Å². The van der Waals surface area contributed by atoms with Crippen molar-refractivity contribution in [2.45, 2.75) is 13.3 Å². The second-order valence-electron chi connectivity index (χ2n) is 5.87.